The van der Waals surface area contributed by atoms with Crippen molar-refractivity contribution in [2.24, 2.45) is 46.3 Å². The predicted molar refractivity (Wildman–Crippen MR) is 130 cm³/mol. The summed E-state index contributed by atoms with van der Waals surface area (Å²) in [5.41, 5.74) is 1.92. The molecule has 0 bridgehead atoms. The van der Waals surface area contributed by atoms with E-state index in [1.54, 1.807) is 0 Å². The van der Waals surface area contributed by atoms with Crippen LogP contribution in [0.25, 0.3) is 0 Å². The molecule has 9 atom stereocenters. The SMILES string of the molecule is CC(=O)O[C@H]1CC[C@@]2(C)C(=C[C@H](O)[C@H]3[C@H]4CC[C@@H]([C@@H](C)CCCC(C)C)[C@@]4(C)CC[C@H]32)C1. The lowest BCUT2D eigenvalue weighted by Crippen LogP contribution is -2.55. The highest BCUT2D eigenvalue weighted by atomic mass is 16.5. The van der Waals surface area contributed by atoms with Crippen LogP contribution in [0.4, 0.5) is 0 Å². The van der Waals surface area contributed by atoms with Gasteiger partial charge in [0.15, 0.2) is 0 Å². The van der Waals surface area contributed by atoms with Gasteiger partial charge in [0.25, 0.3) is 0 Å². The van der Waals surface area contributed by atoms with Gasteiger partial charge >= 0.3 is 5.97 Å². The number of hydrogen-bond donors (Lipinski definition) is 1. The Labute approximate surface area is 196 Å². The molecule has 0 radical (unpaired) electrons. The van der Waals surface area contributed by atoms with Crippen LogP contribution in [0.1, 0.15) is 106 Å². The van der Waals surface area contributed by atoms with Gasteiger partial charge in [0.05, 0.1) is 6.10 Å². The quantitative estimate of drug-likeness (QED) is 0.357. The molecule has 0 aliphatic heterocycles. The second-order valence-electron chi connectivity index (χ2n) is 12.9. The zero-order chi connectivity index (χ0) is 23.3. The zero-order valence-corrected chi connectivity index (χ0v) is 21.5. The Morgan fingerprint density at radius 3 is 2.53 bits per heavy atom. The molecule has 0 amide bonds. The lowest BCUT2D eigenvalue weighted by Gasteiger charge is -2.59. The van der Waals surface area contributed by atoms with Gasteiger partial charge in [0, 0.05) is 13.3 Å². The van der Waals surface area contributed by atoms with E-state index in [9.17, 15) is 9.90 Å². The Kier molecular flexibility index (Phi) is 6.90. The fourth-order valence-electron chi connectivity index (χ4n) is 8.98. The average molecular weight is 445 g/mol. The van der Waals surface area contributed by atoms with Crippen molar-refractivity contribution in [3.8, 4) is 0 Å². The van der Waals surface area contributed by atoms with Crippen molar-refractivity contribution in [2.45, 2.75) is 118 Å². The minimum Gasteiger partial charge on any atom is -0.462 e. The summed E-state index contributed by atoms with van der Waals surface area (Å²) in [6.45, 7) is 13.7. The van der Waals surface area contributed by atoms with Crippen molar-refractivity contribution < 1.29 is 14.6 Å². The number of aliphatic hydroxyl groups excluding tert-OH is 1. The van der Waals surface area contributed by atoms with Crippen LogP contribution in [0.2, 0.25) is 0 Å². The third kappa shape index (κ3) is 4.21. The normalized spacial score (nSPS) is 44.3. The van der Waals surface area contributed by atoms with Gasteiger partial charge in [-0.2, -0.15) is 0 Å². The summed E-state index contributed by atoms with van der Waals surface area (Å²) in [5, 5.41) is 11.4. The van der Waals surface area contributed by atoms with E-state index < -0.39 is 0 Å². The molecule has 32 heavy (non-hydrogen) atoms. The van der Waals surface area contributed by atoms with E-state index in [2.05, 4.69) is 40.7 Å². The molecule has 182 valence electrons. The van der Waals surface area contributed by atoms with Gasteiger partial charge in [0.1, 0.15) is 6.10 Å². The van der Waals surface area contributed by atoms with E-state index in [4.69, 9.17) is 4.74 Å². The minimum atomic E-state index is -0.334. The van der Waals surface area contributed by atoms with Crippen molar-refractivity contribution in [3.63, 3.8) is 0 Å². The maximum absolute atomic E-state index is 11.5. The van der Waals surface area contributed by atoms with Gasteiger partial charge in [-0.05, 0) is 84.9 Å². The van der Waals surface area contributed by atoms with E-state index in [0.717, 1.165) is 37.0 Å². The molecular formula is C29H48O3. The first-order valence-corrected chi connectivity index (χ1v) is 13.6. The lowest BCUT2D eigenvalue weighted by molar-refractivity contribution is -0.149. The number of aliphatic hydroxyl groups is 1. The van der Waals surface area contributed by atoms with Gasteiger partial charge in [0.2, 0.25) is 0 Å². The molecule has 1 N–H and O–H groups in total. The Bertz CT molecular complexity index is 726. The molecule has 0 spiro atoms. The van der Waals surface area contributed by atoms with Crippen LogP contribution in [0.15, 0.2) is 11.6 Å². The van der Waals surface area contributed by atoms with E-state index in [0.29, 0.717) is 23.2 Å². The Morgan fingerprint density at radius 1 is 1.09 bits per heavy atom. The van der Waals surface area contributed by atoms with E-state index in [1.165, 1.54) is 57.4 Å². The topological polar surface area (TPSA) is 46.5 Å². The van der Waals surface area contributed by atoms with Crippen LogP contribution in [0.3, 0.4) is 0 Å². The highest BCUT2D eigenvalue weighted by Crippen LogP contribution is 2.67. The molecule has 0 unspecified atom stereocenters. The third-order valence-corrected chi connectivity index (χ3v) is 10.6. The first-order chi connectivity index (χ1) is 15.1. The zero-order valence-electron chi connectivity index (χ0n) is 21.5. The van der Waals surface area contributed by atoms with Crippen LogP contribution in [0, 0.1) is 46.3 Å². The molecule has 4 aliphatic rings. The number of ether oxygens (including phenoxy) is 1. The lowest BCUT2D eigenvalue weighted by atomic mass is 9.46. The Balaban J connectivity index is 1.51. The molecule has 4 aliphatic carbocycles. The maximum Gasteiger partial charge on any atom is 0.302 e. The summed E-state index contributed by atoms with van der Waals surface area (Å²) in [5.74, 6) is 3.85. The minimum absolute atomic E-state index is 0.00742. The molecule has 0 heterocycles. The Hall–Kier alpha value is -0.830. The van der Waals surface area contributed by atoms with Crippen LogP contribution in [-0.4, -0.2) is 23.3 Å². The predicted octanol–water partition coefficient (Wildman–Crippen LogP) is 6.93. The van der Waals surface area contributed by atoms with Gasteiger partial charge in [-0.1, -0.05) is 65.5 Å². The second kappa shape index (κ2) is 9.08. The molecule has 3 saturated carbocycles. The Morgan fingerprint density at radius 2 is 1.84 bits per heavy atom. The molecule has 0 aromatic carbocycles. The van der Waals surface area contributed by atoms with Gasteiger partial charge in [-0.25, -0.2) is 0 Å². The first-order valence-electron chi connectivity index (χ1n) is 13.6. The van der Waals surface area contributed by atoms with E-state index in [-0.39, 0.29) is 23.6 Å². The largest absolute Gasteiger partial charge is 0.462 e. The van der Waals surface area contributed by atoms with Gasteiger partial charge < -0.3 is 9.84 Å². The highest BCUT2D eigenvalue weighted by Gasteiger charge is 2.61. The van der Waals surface area contributed by atoms with E-state index in [1.807, 2.05) is 0 Å². The summed E-state index contributed by atoms with van der Waals surface area (Å²) in [7, 11) is 0. The monoisotopic (exact) mass is 444 g/mol. The molecule has 3 nitrogen and oxygen atoms in total. The molecule has 0 aromatic rings. The summed E-state index contributed by atoms with van der Waals surface area (Å²) in [6, 6.07) is 0. The molecule has 3 fully saturated rings. The number of carbonyl (C=O) groups is 1. The van der Waals surface area contributed by atoms with Crippen molar-refractivity contribution in [1.29, 1.82) is 0 Å². The smallest absolute Gasteiger partial charge is 0.302 e. The van der Waals surface area contributed by atoms with Crippen molar-refractivity contribution in [2.75, 3.05) is 0 Å². The van der Waals surface area contributed by atoms with Crippen molar-refractivity contribution in [3.05, 3.63) is 11.6 Å². The van der Waals surface area contributed by atoms with Gasteiger partial charge in [-0.15, -0.1) is 0 Å². The number of esters is 1. The fourth-order valence-corrected chi connectivity index (χ4v) is 8.98. The van der Waals surface area contributed by atoms with E-state index >= 15 is 0 Å². The maximum atomic E-state index is 11.5. The van der Waals surface area contributed by atoms with Crippen LogP contribution in [-0.2, 0) is 9.53 Å². The molecule has 0 aromatic heterocycles. The first kappa shape index (κ1) is 24.3. The van der Waals surface area contributed by atoms with Crippen LogP contribution < -0.4 is 0 Å². The van der Waals surface area contributed by atoms with Crippen molar-refractivity contribution in [1.82, 2.24) is 0 Å². The highest BCUT2D eigenvalue weighted by molar-refractivity contribution is 5.66. The second-order valence-corrected chi connectivity index (χ2v) is 12.9. The van der Waals surface area contributed by atoms with Gasteiger partial charge in [-0.3, -0.25) is 4.79 Å². The number of carbonyl (C=O) groups excluding carboxylic acids is 1. The standard InChI is InChI=1S/C29H48O3/c1-18(2)8-7-9-19(3)23-10-11-24-27-25(13-15-29(23,24)6)28(5)14-12-22(32-20(4)30)16-21(28)17-26(27)31/h17-19,22-27,31H,7-16H2,1-6H3/t19-,22-,23-,24+,25+,26-,27-,28-,29+/m0/s1. The average Bonchev–Trinajstić information content (AvgIpc) is 3.05. The molecule has 0 saturated heterocycles. The van der Waals surface area contributed by atoms with Crippen molar-refractivity contribution >= 4 is 5.97 Å². The van der Waals surface area contributed by atoms with Crippen LogP contribution in [0.5, 0.6) is 0 Å². The summed E-state index contributed by atoms with van der Waals surface area (Å²) < 4.78 is 5.57. The third-order valence-electron chi connectivity index (χ3n) is 10.6. The number of hydrogen-bond acceptors (Lipinski definition) is 3. The fraction of sp³-hybridized carbons (Fsp3) is 0.897. The summed E-state index contributed by atoms with van der Waals surface area (Å²) in [4.78, 5) is 11.5. The van der Waals surface area contributed by atoms with Crippen LogP contribution >= 0.6 is 0 Å². The molecular weight excluding hydrogens is 396 g/mol. The number of rotatable bonds is 6. The summed E-state index contributed by atoms with van der Waals surface area (Å²) in [6.07, 6.45) is 14.0. The summed E-state index contributed by atoms with van der Waals surface area (Å²) >= 11 is 0. The molecule has 4 rings (SSSR count). The molecule has 3 heteroatoms. The number of fused-ring (bicyclic) bond motifs is 5.